The number of benzene rings is 2. The summed E-state index contributed by atoms with van der Waals surface area (Å²) in [7, 11) is 0. The van der Waals surface area contributed by atoms with Crippen molar-refractivity contribution in [3.63, 3.8) is 0 Å². The Balaban J connectivity index is 1.87. The van der Waals surface area contributed by atoms with Gasteiger partial charge in [0.05, 0.1) is 11.3 Å². The number of carbonyl (C=O) groups is 1. The van der Waals surface area contributed by atoms with E-state index in [0.29, 0.717) is 29.1 Å². The first kappa shape index (κ1) is 15.1. The van der Waals surface area contributed by atoms with E-state index in [4.69, 9.17) is 9.47 Å². The smallest absolute Gasteiger partial charge is 0.340 e. The number of carbonyl (C=O) groups excluding carboxylic acids is 1. The molecular formula is C21H16O5. The Bertz CT molecular complexity index is 1030. The van der Waals surface area contributed by atoms with E-state index in [0.717, 1.165) is 11.1 Å². The summed E-state index contributed by atoms with van der Waals surface area (Å²) in [6, 6.07) is 12.1. The molecule has 0 bridgehead atoms. The molecule has 0 saturated heterocycles. The first-order valence-electron chi connectivity index (χ1n) is 8.49. The zero-order valence-electron chi connectivity index (χ0n) is 14.0. The number of fused-ring (bicyclic) bond motifs is 5. The number of aliphatic hydroxyl groups excluding tert-OH is 1. The van der Waals surface area contributed by atoms with Gasteiger partial charge in [-0.25, -0.2) is 4.79 Å². The van der Waals surface area contributed by atoms with Gasteiger partial charge in [0, 0.05) is 34.8 Å². The maximum Gasteiger partial charge on any atom is 0.340 e. The highest BCUT2D eigenvalue weighted by Crippen LogP contribution is 2.56. The van der Waals surface area contributed by atoms with Gasteiger partial charge in [0.25, 0.3) is 0 Å². The minimum atomic E-state index is -1.10. The highest BCUT2D eigenvalue weighted by atomic mass is 16.6. The fraction of sp³-hybridized carbons (Fsp3) is 0.190. The van der Waals surface area contributed by atoms with E-state index in [1.807, 2.05) is 19.1 Å². The second-order valence-corrected chi connectivity index (χ2v) is 6.92. The second-order valence-electron chi connectivity index (χ2n) is 6.92. The van der Waals surface area contributed by atoms with Crippen molar-refractivity contribution in [1.29, 1.82) is 0 Å². The monoisotopic (exact) mass is 348 g/mol. The first-order chi connectivity index (χ1) is 12.5. The predicted octanol–water partition coefficient (Wildman–Crippen LogP) is 3.93. The SMILES string of the molecule is CC1CC2=C(C=C1O)Oc1cc(O)ccc1C21OC(=O)c2ccccc21. The maximum atomic E-state index is 12.6. The summed E-state index contributed by atoms with van der Waals surface area (Å²) in [5.41, 5.74) is 1.66. The van der Waals surface area contributed by atoms with E-state index in [1.165, 1.54) is 6.07 Å². The number of hydrogen-bond acceptors (Lipinski definition) is 5. The summed E-state index contributed by atoms with van der Waals surface area (Å²) in [5.74, 6) is 0.646. The zero-order chi connectivity index (χ0) is 18.1. The van der Waals surface area contributed by atoms with Gasteiger partial charge >= 0.3 is 5.97 Å². The molecule has 2 unspecified atom stereocenters. The van der Waals surface area contributed by atoms with Crippen molar-refractivity contribution in [1.82, 2.24) is 0 Å². The summed E-state index contributed by atoms with van der Waals surface area (Å²) in [5, 5.41) is 20.1. The predicted molar refractivity (Wildman–Crippen MR) is 92.9 cm³/mol. The molecule has 0 fully saturated rings. The lowest BCUT2D eigenvalue weighted by molar-refractivity contribution is 0.0180. The lowest BCUT2D eigenvalue weighted by atomic mass is 9.72. The minimum Gasteiger partial charge on any atom is -0.512 e. The number of aromatic hydroxyl groups is 1. The van der Waals surface area contributed by atoms with Gasteiger partial charge in [0.15, 0.2) is 5.60 Å². The van der Waals surface area contributed by atoms with Gasteiger partial charge in [0.1, 0.15) is 17.3 Å². The largest absolute Gasteiger partial charge is 0.512 e. The van der Waals surface area contributed by atoms with Crippen molar-refractivity contribution >= 4 is 5.97 Å². The Kier molecular flexibility index (Phi) is 2.85. The number of ether oxygens (including phenoxy) is 2. The van der Waals surface area contributed by atoms with E-state index >= 15 is 0 Å². The van der Waals surface area contributed by atoms with Crippen LogP contribution in [0.1, 0.15) is 34.8 Å². The van der Waals surface area contributed by atoms with Crippen LogP contribution in [0.15, 0.2) is 65.6 Å². The number of esters is 1. The van der Waals surface area contributed by atoms with Crippen molar-refractivity contribution in [2.75, 3.05) is 0 Å². The Morgan fingerprint density at radius 1 is 1.12 bits per heavy atom. The molecule has 5 heteroatoms. The normalized spacial score (nSPS) is 25.8. The fourth-order valence-corrected chi connectivity index (χ4v) is 4.09. The molecule has 2 heterocycles. The lowest BCUT2D eigenvalue weighted by Crippen LogP contribution is -2.37. The highest BCUT2D eigenvalue weighted by Gasteiger charge is 2.55. The van der Waals surface area contributed by atoms with Gasteiger partial charge in [-0.15, -0.1) is 0 Å². The molecule has 0 amide bonds. The molecule has 2 aromatic rings. The molecule has 1 aliphatic carbocycles. The van der Waals surface area contributed by atoms with Crippen LogP contribution in [-0.4, -0.2) is 16.2 Å². The van der Waals surface area contributed by atoms with Crippen LogP contribution >= 0.6 is 0 Å². The second kappa shape index (κ2) is 4.91. The summed E-state index contributed by atoms with van der Waals surface area (Å²) in [6.07, 6.45) is 2.08. The molecule has 0 saturated carbocycles. The third kappa shape index (κ3) is 1.77. The van der Waals surface area contributed by atoms with Crippen molar-refractivity contribution in [3.05, 3.63) is 82.3 Å². The van der Waals surface area contributed by atoms with Gasteiger partial charge in [-0.05, 0) is 24.6 Å². The van der Waals surface area contributed by atoms with Crippen LogP contribution < -0.4 is 4.74 Å². The number of allylic oxidation sites excluding steroid dienone is 2. The average Bonchev–Trinajstić information content (AvgIpc) is 2.91. The Morgan fingerprint density at radius 3 is 2.77 bits per heavy atom. The molecule has 2 N–H and O–H groups in total. The van der Waals surface area contributed by atoms with Crippen LogP contribution in [0.5, 0.6) is 11.5 Å². The minimum absolute atomic E-state index is 0.0536. The third-order valence-electron chi connectivity index (χ3n) is 5.35. The zero-order valence-corrected chi connectivity index (χ0v) is 14.0. The average molecular weight is 348 g/mol. The first-order valence-corrected chi connectivity index (χ1v) is 8.49. The Labute approximate surface area is 149 Å². The molecule has 130 valence electrons. The standard InChI is InChI=1S/C21H16O5/c1-11-8-16-19(10-17(11)23)25-18-9-12(22)6-7-15(18)21(16)14-5-3-2-4-13(14)20(24)26-21/h2-7,9-11,22-23H,8H2,1H3. The van der Waals surface area contributed by atoms with Crippen LogP contribution in [0.3, 0.4) is 0 Å². The van der Waals surface area contributed by atoms with Gasteiger partial charge in [-0.3, -0.25) is 0 Å². The van der Waals surface area contributed by atoms with Crippen LogP contribution in [0, 0.1) is 5.92 Å². The number of phenols is 1. The molecule has 2 aliphatic heterocycles. The van der Waals surface area contributed by atoms with Crippen molar-refractivity contribution in [2.24, 2.45) is 5.92 Å². The number of phenolic OH excluding ortho intramolecular Hbond substituents is 1. The fourth-order valence-electron chi connectivity index (χ4n) is 4.09. The van der Waals surface area contributed by atoms with Crippen LogP contribution in [0.4, 0.5) is 0 Å². The lowest BCUT2D eigenvalue weighted by Gasteiger charge is -2.40. The van der Waals surface area contributed by atoms with Gasteiger partial charge in [-0.2, -0.15) is 0 Å². The molecule has 1 spiro atoms. The summed E-state index contributed by atoms with van der Waals surface area (Å²) >= 11 is 0. The topological polar surface area (TPSA) is 76.0 Å². The van der Waals surface area contributed by atoms with Crippen molar-refractivity contribution < 1.29 is 24.5 Å². The molecule has 2 atom stereocenters. The number of rotatable bonds is 0. The third-order valence-corrected chi connectivity index (χ3v) is 5.35. The molecule has 5 nitrogen and oxygen atoms in total. The van der Waals surface area contributed by atoms with E-state index in [2.05, 4.69) is 0 Å². The molecular weight excluding hydrogens is 332 g/mol. The Morgan fingerprint density at radius 2 is 1.92 bits per heavy atom. The van der Waals surface area contributed by atoms with Gasteiger partial charge in [-0.1, -0.05) is 25.1 Å². The van der Waals surface area contributed by atoms with Crippen LogP contribution in [0.2, 0.25) is 0 Å². The van der Waals surface area contributed by atoms with Gasteiger partial charge in [0.2, 0.25) is 0 Å². The molecule has 0 radical (unpaired) electrons. The molecule has 3 aliphatic rings. The van der Waals surface area contributed by atoms with Crippen molar-refractivity contribution in [2.45, 2.75) is 18.9 Å². The highest BCUT2D eigenvalue weighted by molar-refractivity contribution is 5.96. The van der Waals surface area contributed by atoms with Gasteiger partial charge < -0.3 is 19.7 Å². The van der Waals surface area contributed by atoms with E-state index in [-0.39, 0.29) is 23.4 Å². The van der Waals surface area contributed by atoms with Crippen LogP contribution in [-0.2, 0) is 10.3 Å². The van der Waals surface area contributed by atoms with Crippen LogP contribution in [0.25, 0.3) is 0 Å². The molecule has 26 heavy (non-hydrogen) atoms. The summed E-state index contributed by atoms with van der Waals surface area (Å²) in [6.45, 7) is 1.92. The van der Waals surface area contributed by atoms with Crippen molar-refractivity contribution in [3.8, 4) is 11.5 Å². The van der Waals surface area contributed by atoms with E-state index < -0.39 is 5.60 Å². The quantitative estimate of drug-likeness (QED) is 0.706. The summed E-state index contributed by atoms with van der Waals surface area (Å²) < 4.78 is 12.0. The number of hydrogen-bond donors (Lipinski definition) is 2. The number of aliphatic hydroxyl groups is 1. The Hall–Kier alpha value is -3.21. The molecule has 5 rings (SSSR count). The van der Waals surface area contributed by atoms with E-state index in [1.54, 1.807) is 30.3 Å². The maximum absolute atomic E-state index is 12.6. The summed E-state index contributed by atoms with van der Waals surface area (Å²) in [4.78, 5) is 12.6. The molecule has 0 aromatic heterocycles. The van der Waals surface area contributed by atoms with E-state index in [9.17, 15) is 15.0 Å². The molecule has 2 aromatic carbocycles.